The van der Waals surface area contributed by atoms with Gasteiger partial charge < -0.3 is 5.32 Å². The van der Waals surface area contributed by atoms with Crippen molar-refractivity contribution in [2.45, 2.75) is 20.4 Å². The average molecular weight is 305 g/mol. The molecule has 3 aromatic rings. The Kier molecular flexibility index (Phi) is 4.24. The quantitative estimate of drug-likeness (QED) is 0.797. The van der Waals surface area contributed by atoms with Crippen LogP contribution in [0.1, 0.15) is 27.0 Å². The van der Waals surface area contributed by atoms with E-state index in [2.05, 4.69) is 28.6 Å². The van der Waals surface area contributed by atoms with Gasteiger partial charge in [0, 0.05) is 11.8 Å². The second-order valence-electron chi connectivity index (χ2n) is 5.74. The van der Waals surface area contributed by atoms with Gasteiger partial charge in [-0.1, -0.05) is 47.5 Å². The van der Waals surface area contributed by atoms with Crippen LogP contribution in [0.4, 0.5) is 5.69 Å². The number of carbonyl (C=O) groups is 1. The Balaban J connectivity index is 1.70. The van der Waals surface area contributed by atoms with Gasteiger partial charge >= 0.3 is 0 Å². The summed E-state index contributed by atoms with van der Waals surface area (Å²) in [5.74, 6) is -0.115. The lowest BCUT2D eigenvalue weighted by Gasteiger charge is -2.05. The van der Waals surface area contributed by atoms with Crippen molar-refractivity contribution >= 4 is 11.6 Å². The van der Waals surface area contributed by atoms with Crippen molar-refractivity contribution in [1.29, 1.82) is 0 Å². The van der Waals surface area contributed by atoms with Gasteiger partial charge in [0.05, 0.1) is 18.4 Å². The monoisotopic (exact) mass is 305 g/mol. The Bertz CT molecular complexity index is 801. The molecule has 4 nitrogen and oxygen atoms in total. The molecule has 0 saturated carbocycles. The van der Waals surface area contributed by atoms with Crippen LogP contribution in [0.2, 0.25) is 0 Å². The molecule has 4 heteroatoms. The van der Waals surface area contributed by atoms with Crippen LogP contribution in [-0.4, -0.2) is 15.7 Å². The molecule has 1 aromatic heterocycles. The molecule has 116 valence electrons. The maximum Gasteiger partial charge on any atom is 0.255 e. The fraction of sp³-hybridized carbons (Fsp3) is 0.158. The molecule has 0 radical (unpaired) electrons. The van der Waals surface area contributed by atoms with Gasteiger partial charge in [0.15, 0.2) is 0 Å². The molecule has 0 spiro atoms. The molecule has 3 rings (SSSR count). The molecule has 2 aromatic carbocycles. The van der Waals surface area contributed by atoms with Crippen LogP contribution in [0.25, 0.3) is 0 Å². The van der Waals surface area contributed by atoms with Gasteiger partial charge in [0.2, 0.25) is 0 Å². The number of anilines is 1. The minimum Gasteiger partial charge on any atom is -0.319 e. The van der Waals surface area contributed by atoms with E-state index in [1.807, 2.05) is 55.1 Å². The fourth-order valence-electron chi connectivity index (χ4n) is 2.59. The summed E-state index contributed by atoms with van der Waals surface area (Å²) in [5, 5.41) is 7.19. The van der Waals surface area contributed by atoms with Crippen molar-refractivity contribution < 1.29 is 4.79 Å². The third-order valence-electron chi connectivity index (χ3n) is 3.56. The molecule has 0 unspecified atom stereocenters. The van der Waals surface area contributed by atoms with Crippen molar-refractivity contribution in [1.82, 2.24) is 9.78 Å². The smallest absolute Gasteiger partial charge is 0.255 e. The van der Waals surface area contributed by atoms with Crippen molar-refractivity contribution in [2.75, 3.05) is 5.32 Å². The van der Waals surface area contributed by atoms with E-state index < -0.39 is 0 Å². The highest BCUT2D eigenvalue weighted by molar-refractivity contribution is 6.04. The highest BCUT2D eigenvalue weighted by Crippen LogP contribution is 2.13. The number of nitrogens with one attached hydrogen (secondary N) is 1. The van der Waals surface area contributed by atoms with Crippen molar-refractivity contribution in [3.8, 4) is 0 Å². The molecule has 23 heavy (non-hydrogen) atoms. The van der Waals surface area contributed by atoms with Crippen LogP contribution in [0.5, 0.6) is 0 Å². The zero-order valence-corrected chi connectivity index (χ0v) is 13.3. The number of carbonyl (C=O) groups excluding carboxylic acids is 1. The van der Waals surface area contributed by atoms with Gasteiger partial charge in [-0.05, 0) is 31.5 Å². The van der Waals surface area contributed by atoms with Gasteiger partial charge in [-0.25, -0.2) is 0 Å². The van der Waals surface area contributed by atoms with Crippen molar-refractivity contribution in [3.05, 3.63) is 83.2 Å². The molecule has 0 saturated heterocycles. The lowest BCUT2D eigenvalue weighted by Crippen LogP contribution is -2.12. The molecular weight excluding hydrogens is 286 g/mol. The molecular formula is C19H19N3O. The number of amides is 1. The number of benzene rings is 2. The highest BCUT2D eigenvalue weighted by Gasteiger charge is 2.08. The number of nitrogens with zero attached hydrogens (tertiary/aromatic N) is 2. The minimum absolute atomic E-state index is 0.115. The molecule has 0 atom stereocenters. The molecule has 0 bridgehead atoms. The van der Waals surface area contributed by atoms with E-state index in [1.165, 1.54) is 5.56 Å². The van der Waals surface area contributed by atoms with Crippen LogP contribution in [0.15, 0.2) is 60.9 Å². The molecule has 1 N–H and O–H groups in total. The maximum absolute atomic E-state index is 12.3. The van der Waals surface area contributed by atoms with Gasteiger partial charge in [0.25, 0.3) is 5.91 Å². The lowest BCUT2D eigenvalue weighted by atomic mass is 10.1. The Morgan fingerprint density at radius 3 is 2.48 bits per heavy atom. The summed E-state index contributed by atoms with van der Waals surface area (Å²) in [4.78, 5) is 12.3. The Morgan fingerprint density at radius 2 is 1.78 bits per heavy atom. The summed E-state index contributed by atoms with van der Waals surface area (Å²) in [6.45, 7) is 4.66. The molecule has 0 fully saturated rings. The highest BCUT2D eigenvalue weighted by atomic mass is 16.1. The Morgan fingerprint density at radius 1 is 1.09 bits per heavy atom. The van der Waals surface area contributed by atoms with E-state index in [9.17, 15) is 4.79 Å². The molecule has 0 aliphatic carbocycles. The summed E-state index contributed by atoms with van der Waals surface area (Å²) in [6.07, 6.45) is 3.51. The standard InChI is InChI=1S/C19H19N3O/c1-14-8-15(2)10-17(9-14)19(23)21-18-11-20-22(13-18)12-16-6-4-3-5-7-16/h3-11,13H,12H2,1-2H3,(H,21,23). The second kappa shape index (κ2) is 6.48. The second-order valence-corrected chi connectivity index (χ2v) is 5.74. The zero-order valence-electron chi connectivity index (χ0n) is 13.3. The number of hydrogen-bond donors (Lipinski definition) is 1. The topological polar surface area (TPSA) is 46.9 Å². The molecule has 1 heterocycles. The summed E-state index contributed by atoms with van der Waals surface area (Å²) in [6, 6.07) is 15.9. The van der Waals surface area contributed by atoms with Gasteiger partial charge in [-0.2, -0.15) is 5.10 Å². The van der Waals surface area contributed by atoms with E-state index in [0.717, 1.165) is 11.1 Å². The predicted molar refractivity (Wildman–Crippen MR) is 91.6 cm³/mol. The van der Waals surface area contributed by atoms with Gasteiger partial charge in [-0.15, -0.1) is 0 Å². The first-order valence-corrected chi connectivity index (χ1v) is 7.56. The Labute approximate surface area is 135 Å². The van der Waals surface area contributed by atoms with E-state index in [-0.39, 0.29) is 5.91 Å². The maximum atomic E-state index is 12.3. The summed E-state index contributed by atoms with van der Waals surface area (Å²) >= 11 is 0. The third kappa shape index (κ3) is 3.86. The van der Waals surface area contributed by atoms with Gasteiger partial charge in [-0.3, -0.25) is 9.48 Å². The van der Waals surface area contributed by atoms with Crippen molar-refractivity contribution in [2.24, 2.45) is 0 Å². The van der Waals surface area contributed by atoms with Crippen LogP contribution in [-0.2, 0) is 6.54 Å². The first-order chi connectivity index (χ1) is 11.1. The van der Waals surface area contributed by atoms with Crippen LogP contribution in [0.3, 0.4) is 0 Å². The van der Waals surface area contributed by atoms with Crippen molar-refractivity contribution in [3.63, 3.8) is 0 Å². The first kappa shape index (κ1) is 15.0. The fourth-order valence-corrected chi connectivity index (χ4v) is 2.59. The number of rotatable bonds is 4. The first-order valence-electron chi connectivity index (χ1n) is 7.56. The normalized spacial score (nSPS) is 10.5. The molecule has 1 amide bonds. The predicted octanol–water partition coefficient (Wildman–Crippen LogP) is 3.80. The summed E-state index contributed by atoms with van der Waals surface area (Å²) in [7, 11) is 0. The van der Waals surface area contributed by atoms with Crippen LogP contribution in [0, 0.1) is 13.8 Å². The average Bonchev–Trinajstić information content (AvgIpc) is 2.94. The van der Waals surface area contributed by atoms with E-state index in [1.54, 1.807) is 6.20 Å². The summed E-state index contributed by atoms with van der Waals surface area (Å²) < 4.78 is 1.81. The summed E-state index contributed by atoms with van der Waals surface area (Å²) in [5.41, 5.74) is 4.69. The lowest BCUT2D eigenvalue weighted by molar-refractivity contribution is 0.102. The number of aryl methyl sites for hydroxylation is 2. The van der Waals surface area contributed by atoms with E-state index in [4.69, 9.17) is 0 Å². The van der Waals surface area contributed by atoms with Gasteiger partial charge in [0.1, 0.15) is 0 Å². The molecule has 0 aliphatic rings. The SMILES string of the molecule is Cc1cc(C)cc(C(=O)Nc2cnn(Cc3ccccc3)c2)c1. The van der Waals surface area contributed by atoms with Crippen LogP contribution < -0.4 is 5.32 Å². The third-order valence-corrected chi connectivity index (χ3v) is 3.56. The number of hydrogen-bond acceptors (Lipinski definition) is 2. The molecule has 0 aliphatic heterocycles. The zero-order chi connectivity index (χ0) is 16.2. The van der Waals surface area contributed by atoms with E-state index >= 15 is 0 Å². The van der Waals surface area contributed by atoms with Crippen LogP contribution >= 0.6 is 0 Å². The number of aromatic nitrogens is 2. The Hall–Kier alpha value is -2.88. The van der Waals surface area contributed by atoms with E-state index in [0.29, 0.717) is 17.8 Å². The minimum atomic E-state index is -0.115. The largest absolute Gasteiger partial charge is 0.319 e.